The average molecular weight is 347 g/mol. The lowest BCUT2D eigenvalue weighted by atomic mass is 9.95. The van der Waals surface area contributed by atoms with Gasteiger partial charge in [0.25, 0.3) is 5.91 Å². The van der Waals surface area contributed by atoms with Crippen molar-refractivity contribution in [1.29, 1.82) is 0 Å². The van der Waals surface area contributed by atoms with Crippen LogP contribution in [-0.2, 0) is 9.53 Å². The zero-order valence-corrected chi connectivity index (χ0v) is 14.3. The highest BCUT2D eigenvalue weighted by atomic mass is 16.5. The first kappa shape index (κ1) is 17.7. The van der Waals surface area contributed by atoms with Gasteiger partial charge in [0.05, 0.1) is 6.10 Å². The quantitative estimate of drug-likeness (QED) is 0.472. The van der Waals surface area contributed by atoms with Gasteiger partial charge in [-0.1, -0.05) is 0 Å². The molecule has 2 aliphatic heterocycles. The minimum absolute atomic E-state index is 0.0164. The molecular weight excluding hydrogens is 322 g/mol. The topological polar surface area (TPSA) is 93.9 Å². The fourth-order valence-corrected chi connectivity index (χ4v) is 3.30. The van der Waals surface area contributed by atoms with E-state index in [0.717, 1.165) is 25.2 Å². The Morgan fingerprint density at radius 3 is 2.52 bits per heavy atom. The molecule has 0 aromatic heterocycles. The number of nitrogens with one attached hydrogen (secondary N) is 1. The summed E-state index contributed by atoms with van der Waals surface area (Å²) in [5, 5.41) is 0. The fourth-order valence-electron chi connectivity index (χ4n) is 3.30. The molecule has 0 spiro atoms. The molecular formula is C18H25N3O4. The molecule has 0 saturated carbocycles. The summed E-state index contributed by atoms with van der Waals surface area (Å²) in [6, 6.07) is 7.20. The van der Waals surface area contributed by atoms with E-state index >= 15 is 0 Å². The Hall–Kier alpha value is -2.12. The normalized spacial score (nSPS) is 21.2. The smallest absolute Gasteiger partial charge is 0.253 e. The number of piperidine rings is 1. The third kappa shape index (κ3) is 4.49. The van der Waals surface area contributed by atoms with Crippen molar-refractivity contribution >= 4 is 11.8 Å². The van der Waals surface area contributed by atoms with E-state index < -0.39 is 0 Å². The van der Waals surface area contributed by atoms with Crippen molar-refractivity contribution in [2.45, 2.75) is 31.8 Å². The Kier molecular flexibility index (Phi) is 5.88. The van der Waals surface area contributed by atoms with Gasteiger partial charge in [-0.15, -0.1) is 0 Å². The zero-order chi connectivity index (χ0) is 17.6. The summed E-state index contributed by atoms with van der Waals surface area (Å²) >= 11 is 0. The van der Waals surface area contributed by atoms with E-state index in [0.29, 0.717) is 38.1 Å². The molecule has 0 aliphatic carbocycles. The van der Waals surface area contributed by atoms with Gasteiger partial charge in [-0.3, -0.25) is 15.0 Å². The summed E-state index contributed by atoms with van der Waals surface area (Å²) in [5.41, 5.74) is 2.81. The Morgan fingerprint density at radius 1 is 1.20 bits per heavy atom. The van der Waals surface area contributed by atoms with E-state index in [1.165, 1.54) is 0 Å². The molecule has 7 heteroatoms. The van der Waals surface area contributed by atoms with Gasteiger partial charge in [-0.25, -0.2) is 5.84 Å². The summed E-state index contributed by atoms with van der Waals surface area (Å²) in [7, 11) is 0. The number of hydrazine groups is 1. The monoisotopic (exact) mass is 347 g/mol. The second kappa shape index (κ2) is 8.31. The minimum Gasteiger partial charge on any atom is -0.491 e. The molecule has 1 atom stereocenters. The maximum absolute atomic E-state index is 12.6. The first-order valence-electron chi connectivity index (χ1n) is 8.81. The summed E-state index contributed by atoms with van der Waals surface area (Å²) < 4.78 is 11.2. The van der Waals surface area contributed by atoms with E-state index in [2.05, 4.69) is 5.43 Å². The molecule has 0 bridgehead atoms. The first-order chi connectivity index (χ1) is 12.2. The van der Waals surface area contributed by atoms with Gasteiger partial charge in [0.2, 0.25) is 5.91 Å². The second-order valence-corrected chi connectivity index (χ2v) is 6.55. The van der Waals surface area contributed by atoms with Crippen molar-refractivity contribution in [3.05, 3.63) is 29.8 Å². The zero-order valence-electron chi connectivity index (χ0n) is 14.3. The molecule has 7 nitrogen and oxygen atoms in total. The lowest BCUT2D eigenvalue weighted by Crippen LogP contribution is -2.44. The van der Waals surface area contributed by atoms with Crippen LogP contribution in [-0.4, -0.2) is 49.1 Å². The number of amides is 2. The van der Waals surface area contributed by atoms with Crippen LogP contribution in [0.15, 0.2) is 24.3 Å². The number of likely N-dealkylation sites (tertiary alicyclic amines) is 1. The Bertz CT molecular complexity index is 591. The molecule has 1 aromatic carbocycles. The highest BCUT2D eigenvalue weighted by Gasteiger charge is 2.27. The van der Waals surface area contributed by atoms with Crippen LogP contribution in [0.25, 0.3) is 0 Å². The van der Waals surface area contributed by atoms with Crippen molar-refractivity contribution in [1.82, 2.24) is 10.3 Å². The van der Waals surface area contributed by atoms with Crippen LogP contribution in [0.5, 0.6) is 5.75 Å². The third-order valence-corrected chi connectivity index (χ3v) is 4.86. The number of nitrogens with two attached hydrogens (primary N) is 1. The molecule has 2 heterocycles. The molecule has 0 radical (unpaired) electrons. The maximum Gasteiger partial charge on any atom is 0.253 e. The first-order valence-corrected chi connectivity index (χ1v) is 8.81. The molecule has 2 fully saturated rings. The summed E-state index contributed by atoms with van der Waals surface area (Å²) in [5.74, 6) is 5.63. The van der Waals surface area contributed by atoms with Gasteiger partial charge < -0.3 is 14.4 Å². The van der Waals surface area contributed by atoms with Crippen LogP contribution in [0.2, 0.25) is 0 Å². The molecule has 2 amide bonds. The van der Waals surface area contributed by atoms with E-state index in [-0.39, 0.29) is 23.8 Å². The van der Waals surface area contributed by atoms with Crippen LogP contribution in [0.1, 0.15) is 36.0 Å². The van der Waals surface area contributed by atoms with E-state index in [1.54, 1.807) is 17.0 Å². The van der Waals surface area contributed by atoms with E-state index in [9.17, 15) is 9.59 Å². The Labute approximate surface area is 147 Å². The van der Waals surface area contributed by atoms with Crippen LogP contribution in [0, 0.1) is 5.92 Å². The number of hydrogen-bond donors (Lipinski definition) is 2. The number of carbonyl (C=O) groups is 2. The van der Waals surface area contributed by atoms with E-state index in [1.807, 2.05) is 12.1 Å². The second-order valence-electron chi connectivity index (χ2n) is 6.55. The van der Waals surface area contributed by atoms with Crippen molar-refractivity contribution in [3.63, 3.8) is 0 Å². The predicted molar refractivity (Wildman–Crippen MR) is 91.9 cm³/mol. The molecule has 1 unspecified atom stereocenters. The lowest BCUT2D eigenvalue weighted by Gasteiger charge is -2.31. The van der Waals surface area contributed by atoms with Gasteiger partial charge in [0.15, 0.2) is 0 Å². The van der Waals surface area contributed by atoms with E-state index in [4.69, 9.17) is 15.3 Å². The molecule has 1 aromatic rings. The standard InChI is InChI=1S/C18H25N3O4/c19-20-17(22)13-7-9-21(10-8-13)18(23)14-3-5-15(6-4-14)25-12-16-2-1-11-24-16/h3-6,13,16H,1-2,7-12,19H2,(H,20,22). The largest absolute Gasteiger partial charge is 0.491 e. The van der Waals surface area contributed by atoms with Gasteiger partial charge in [0.1, 0.15) is 12.4 Å². The van der Waals surface area contributed by atoms with Gasteiger partial charge in [0, 0.05) is 31.2 Å². The number of nitrogens with zero attached hydrogens (tertiary/aromatic N) is 1. The highest BCUT2D eigenvalue weighted by molar-refractivity contribution is 5.94. The van der Waals surface area contributed by atoms with Crippen LogP contribution >= 0.6 is 0 Å². The molecule has 3 N–H and O–H groups in total. The van der Waals surface area contributed by atoms with Crippen molar-refractivity contribution in [3.8, 4) is 5.75 Å². The molecule has 2 saturated heterocycles. The number of carbonyl (C=O) groups excluding carboxylic acids is 2. The number of benzene rings is 1. The Balaban J connectivity index is 1.50. The molecule has 25 heavy (non-hydrogen) atoms. The van der Waals surface area contributed by atoms with Crippen molar-refractivity contribution in [2.24, 2.45) is 11.8 Å². The van der Waals surface area contributed by atoms with Crippen molar-refractivity contribution < 1.29 is 19.1 Å². The fraction of sp³-hybridized carbons (Fsp3) is 0.556. The van der Waals surface area contributed by atoms with Gasteiger partial charge in [-0.05, 0) is 49.9 Å². The van der Waals surface area contributed by atoms with Gasteiger partial charge in [-0.2, -0.15) is 0 Å². The van der Waals surface area contributed by atoms with Crippen LogP contribution < -0.4 is 16.0 Å². The lowest BCUT2D eigenvalue weighted by molar-refractivity contribution is -0.126. The number of rotatable bonds is 5. The highest BCUT2D eigenvalue weighted by Crippen LogP contribution is 2.21. The molecule has 136 valence electrons. The average Bonchev–Trinajstić information content (AvgIpc) is 3.19. The van der Waals surface area contributed by atoms with Crippen molar-refractivity contribution in [2.75, 3.05) is 26.3 Å². The molecule has 3 rings (SSSR count). The van der Waals surface area contributed by atoms with Crippen LogP contribution in [0.4, 0.5) is 0 Å². The summed E-state index contributed by atoms with van der Waals surface area (Å²) in [6.07, 6.45) is 3.57. The summed E-state index contributed by atoms with van der Waals surface area (Å²) in [4.78, 5) is 25.9. The molecule has 2 aliphatic rings. The number of ether oxygens (including phenoxy) is 2. The van der Waals surface area contributed by atoms with Crippen LogP contribution in [0.3, 0.4) is 0 Å². The number of hydrogen-bond acceptors (Lipinski definition) is 5. The maximum atomic E-state index is 12.6. The van der Waals surface area contributed by atoms with Gasteiger partial charge >= 0.3 is 0 Å². The Morgan fingerprint density at radius 2 is 1.92 bits per heavy atom. The minimum atomic E-state index is -0.153. The third-order valence-electron chi connectivity index (χ3n) is 4.86. The predicted octanol–water partition coefficient (Wildman–Crippen LogP) is 1.09. The SMILES string of the molecule is NNC(=O)C1CCN(C(=O)c2ccc(OCC3CCCO3)cc2)CC1. The summed E-state index contributed by atoms with van der Waals surface area (Å²) in [6.45, 7) is 2.48.